The molecule has 0 bridgehead atoms. The van der Waals surface area contributed by atoms with Crippen molar-refractivity contribution in [1.29, 1.82) is 0 Å². The smallest absolute Gasteiger partial charge is 0.100 e. The molecule has 0 aromatic heterocycles. The van der Waals surface area contributed by atoms with E-state index in [1.54, 1.807) is 0 Å². The van der Waals surface area contributed by atoms with Crippen LogP contribution < -0.4 is 0 Å². The molecule has 0 spiro atoms. The van der Waals surface area contributed by atoms with Crippen LogP contribution in [0.4, 0.5) is 0 Å². The molecule has 14 heavy (non-hydrogen) atoms. The summed E-state index contributed by atoms with van der Waals surface area (Å²) in [6.45, 7) is -0.800. The van der Waals surface area contributed by atoms with Crippen LogP contribution in [0, 0.1) is 0 Å². The monoisotopic (exact) mass is 250 g/mol. The molecule has 5 nitrogen and oxygen atoms in total. The molecule has 0 saturated carbocycles. The Morgan fingerprint density at radius 2 is 1.21 bits per heavy atom. The van der Waals surface area contributed by atoms with Gasteiger partial charge in [0.2, 0.25) is 0 Å². The van der Waals surface area contributed by atoms with Crippen LogP contribution in [0.3, 0.4) is 0 Å². The molecular formula is C7H16Cl2O5. The molecule has 0 saturated heterocycles. The Balaban J connectivity index is 0. The van der Waals surface area contributed by atoms with Crippen LogP contribution >= 0.6 is 23.2 Å². The van der Waals surface area contributed by atoms with E-state index in [9.17, 15) is 0 Å². The van der Waals surface area contributed by atoms with Crippen molar-refractivity contribution in [2.45, 2.75) is 12.2 Å². The molecule has 0 radical (unpaired) electrons. The van der Waals surface area contributed by atoms with E-state index >= 15 is 0 Å². The van der Waals surface area contributed by atoms with Crippen molar-refractivity contribution in [1.82, 2.24) is 0 Å². The summed E-state index contributed by atoms with van der Waals surface area (Å²) in [4.78, 5) is 0. The second kappa shape index (κ2) is 13.4. The zero-order valence-electron chi connectivity index (χ0n) is 7.64. The van der Waals surface area contributed by atoms with Gasteiger partial charge >= 0.3 is 0 Å². The first-order chi connectivity index (χ1) is 6.62. The fraction of sp³-hybridized carbons (Fsp3) is 1.00. The van der Waals surface area contributed by atoms with Crippen LogP contribution in [0.1, 0.15) is 0 Å². The van der Waals surface area contributed by atoms with Gasteiger partial charge in [-0.05, 0) is 0 Å². The third-order valence-corrected chi connectivity index (χ3v) is 1.04. The highest BCUT2D eigenvalue weighted by Crippen LogP contribution is 1.87. The lowest BCUT2D eigenvalue weighted by atomic mass is 10.4. The molecule has 88 valence electrons. The van der Waals surface area contributed by atoms with Crippen LogP contribution in [0.5, 0.6) is 0 Å². The molecular weight excluding hydrogens is 235 g/mol. The standard InChI is InChI=1S/C6H14O5.CH2Cl2/c7-1-5(9)3-11-4-6(10)2-8;2-1-3/h5-10H,1-4H2;1H2. The Bertz CT molecular complexity index is 96.1. The summed E-state index contributed by atoms with van der Waals surface area (Å²) in [5.41, 5.74) is 0. The third-order valence-electron chi connectivity index (χ3n) is 1.04. The van der Waals surface area contributed by atoms with Gasteiger partial charge in [0.25, 0.3) is 0 Å². The number of hydrogen-bond acceptors (Lipinski definition) is 5. The van der Waals surface area contributed by atoms with Crippen molar-refractivity contribution in [2.24, 2.45) is 0 Å². The Kier molecular flexibility index (Phi) is 16.1. The predicted molar refractivity (Wildman–Crippen MR) is 53.6 cm³/mol. The number of aliphatic hydroxyl groups is 4. The van der Waals surface area contributed by atoms with E-state index in [1.165, 1.54) is 0 Å². The van der Waals surface area contributed by atoms with E-state index in [4.69, 9.17) is 48.4 Å². The lowest BCUT2D eigenvalue weighted by Crippen LogP contribution is -2.25. The van der Waals surface area contributed by atoms with Gasteiger partial charge in [-0.3, -0.25) is 0 Å². The average Bonchev–Trinajstić information content (AvgIpc) is 2.18. The van der Waals surface area contributed by atoms with Gasteiger partial charge in [-0.15, -0.1) is 23.2 Å². The number of rotatable bonds is 6. The van der Waals surface area contributed by atoms with Crippen molar-refractivity contribution in [3.63, 3.8) is 0 Å². The minimum atomic E-state index is -0.916. The van der Waals surface area contributed by atoms with Crippen molar-refractivity contribution in [3.8, 4) is 0 Å². The van der Waals surface area contributed by atoms with Gasteiger partial charge < -0.3 is 25.2 Å². The van der Waals surface area contributed by atoms with Gasteiger partial charge in [-0.1, -0.05) is 0 Å². The minimum absolute atomic E-state index is 0.0342. The minimum Gasteiger partial charge on any atom is -0.394 e. The van der Waals surface area contributed by atoms with E-state index in [0.717, 1.165) is 0 Å². The van der Waals surface area contributed by atoms with Crippen LogP contribution in [-0.4, -0.2) is 64.4 Å². The van der Waals surface area contributed by atoms with Gasteiger partial charge in [0, 0.05) is 0 Å². The van der Waals surface area contributed by atoms with Gasteiger partial charge in [-0.2, -0.15) is 0 Å². The molecule has 0 aliphatic rings. The maximum absolute atomic E-state index is 8.72. The molecule has 0 aromatic rings. The number of hydrogen-bond donors (Lipinski definition) is 4. The third kappa shape index (κ3) is 14.9. The second-order valence-electron chi connectivity index (χ2n) is 2.31. The molecule has 0 fully saturated rings. The summed E-state index contributed by atoms with van der Waals surface area (Å²) < 4.78 is 4.72. The molecule has 4 N–H and O–H groups in total. The molecule has 0 amide bonds. The Hall–Kier alpha value is 0.380. The van der Waals surface area contributed by atoms with Crippen molar-refractivity contribution in [2.75, 3.05) is 31.8 Å². The van der Waals surface area contributed by atoms with Crippen molar-refractivity contribution in [3.05, 3.63) is 0 Å². The molecule has 2 unspecified atom stereocenters. The molecule has 0 aliphatic carbocycles. The molecule has 2 atom stereocenters. The Morgan fingerprint density at radius 1 is 0.929 bits per heavy atom. The zero-order chi connectivity index (χ0) is 11.4. The van der Waals surface area contributed by atoms with E-state index in [-0.39, 0.29) is 31.8 Å². The topological polar surface area (TPSA) is 90.2 Å². The van der Waals surface area contributed by atoms with E-state index in [1.807, 2.05) is 0 Å². The van der Waals surface area contributed by atoms with E-state index in [0.29, 0.717) is 0 Å². The number of ether oxygens (including phenoxy) is 1. The summed E-state index contributed by atoms with van der Waals surface area (Å²) in [7, 11) is 0. The fourth-order valence-corrected chi connectivity index (χ4v) is 0.446. The van der Waals surface area contributed by atoms with E-state index < -0.39 is 12.2 Å². The van der Waals surface area contributed by atoms with Gasteiger partial charge in [0.15, 0.2) is 0 Å². The normalized spacial score (nSPS) is 14.1. The molecule has 7 heteroatoms. The lowest BCUT2D eigenvalue weighted by molar-refractivity contribution is -0.0364. The average molecular weight is 251 g/mol. The van der Waals surface area contributed by atoms with Crippen LogP contribution in [0.15, 0.2) is 0 Å². The van der Waals surface area contributed by atoms with Crippen molar-refractivity contribution >= 4 is 23.2 Å². The lowest BCUT2D eigenvalue weighted by Gasteiger charge is -2.10. The number of aliphatic hydroxyl groups excluding tert-OH is 4. The Morgan fingerprint density at radius 3 is 1.43 bits per heavy atom. The molecule has 0 aliphatic heterocycles. The summed E-state index contributed by atoms with van der Waals surface area (Å²) in [6, 6.07) is 0. The zero-order valence-corrected chi connectivity index (χ0v) is 9.16. The van der Waals surface area contributed by atoms with Crippen LogP contribution in [-0.2, 0) is 4.74 Å². The quantitative estimate of drug-likeness (QED) is 0.461. The second-order valence-corrected chi connectivity index (χ2v) is 3.12. The first-order valence-electron chi connectivity index (χ1n) is 3.89. The largest absolute Gasteiger partial charge is 0.394 e. The molecule has 0 rings (SSSR count). The fourth-order valence-electron chi connectivity index (χ4n) is 0.446. The summed E-state index contributed by atoms with van der Waals surface area (Å²) >= 11 is 9.53. The maximum atomic E-state index is 8.72. The Labute approximate surface area is 92.8 Å². The molecule has 0 aromatic carbocycles. The molecule has 0 heterocycles. The van der Waals surface area contributed by atoms with Crippen LogP contribution in [0.25, 0.3) is 0 Å². The highest BCUT2D eigenvalue weighted by atomic mass is 35.5. The maximum Gasteiger partial charge on any atom is 0.100 e. The van der Waals surface area contributed by atoms with E-state index in [2.05, 4.69) is 0 Å². The predicted octanol–water partition coefficient (Wildman–Crippen LogP) is -0.869. The summed E-state index contributed by atoms with van der Waals surface area (Å²) in [5.74, 6) is 0. The van der Waals surface area contributed by atoms with Gasteiger partial charge in [-0.25, -0.2) is 0 Å². The number of halogens is 2. The highest BCUT2D eigenvalue weighted by molar-refractivity contribution is 6.40. The van der Waals surface area contributed by atoms with Crippen LogP contribution in [0.2, 0.25) is 0 Å². The highest BCUT2D eigenvalue weighted by Gasteiger charge is 2.04. The SMILES string of the molecule is ClCCl.OCC(O)COCC(O)CO. The van der Waals surface area contributed by atoms with Gasteiger partial charge in [0.05, 0.1) is 31.8 Å². The van der Waals surface area contributed by atoms with Crippen molar-refractivity contribution < 1.29 is 25.2 Å². The summed E-state index contributed by atoms with van der Waals surface area (Å²) in [5, 5.41) is 34.3. The number of alkyl halides is 2. The first kappa shape index (κ1) is 16.8. The first-order valence-corrected chi connectivity index (χ1v) is 4.96. The van der Waals surface area contributed by atoms with Gasteiger partial charge in [0.1, 0.15) is 12.2 Å². The summed E-state index contributed by atoms with van der Waals surface area (Å²) in [6.07, 6.45) is -1.83.